The highest BCUT2D eigenvalue weighted by molar-refractivity contribution is 6.09. The lowest BCUT2D eigenvalue weighted by atomic mass is 10.1. The van der Waals surface area contributed by atoms with Crippen molar-refractivity contribution in [1.29, 1.82) is 0 Å². The number of ether oxygens (including phenoxy) is 2. The smallest absolute Gasteiger partial charge is 0.371 e. The Morgan fingerprint density at radius 2 is 0.623 bits per heavy atom. The molecule has 106 heavy (non-hydrogen) atoms. The number of hydrogen-bond acceptors (Lipinski definition) is 18. The summed E-state index contributed by atoms with van der Waals surface area (Å²) >= 11 is 0. The van der Waals surface area contributed by atoms with Gasteiger partial charge in [-0.25, -0.2) is 18.0 Å². The lowest BCUT2D eigenvalue weighted by Gasteiger charge is -2.10. The molecule has 532 valence electrons. The van der Waals surface area contributed by atoms with Crippen molar-refractivity contribution in [3.63, 3.8) is 0 Å². The minimum Gasteiger partial charge on any atom is -0.501 e. The zero-order chi connectivity index (χ0) is 74.6. The van der Waals surface area contributed by atoms with Crippen LogP contribution in [0.4, 0.5) is 13.2 Å². The molecule has 6 aromatic heterocycles. The molecular formula is C84H61F3O19. The van der Waals surface area contributed by atoms with Gasteiger partial charge in [0.1, 0.15) is 47.9 Å². The van der Waals surface area contributed by atoms with E-state index in [1.54, 1.807) is 78.9 Å². The van der Waals surface area contributed by atoms with E-state index in [0.717, 1.165) is 57.1 Å². The minimum absolute atomic E-state index is 0.0150. The summed E-state index contributed by atoms with van der Waals surface area (Å²) < 4.78 is 83.9. The fraction of sp³-hybridized carbons (Fsp3) is 0.107. The van der Waals surface area contributed by atoms with Crippen molar-refractivity contribution in [3.8, 4) is 17.2 Å². The first-order chi connectivity index (χ1) is 51.3. The molecule has 19 nitrogen and oxygen atoms in total. The van der Waals surface area contributed by atoms with E-state index in [2.05, 4.69) is 0 Å². The van der Waals surface area contributed by atoms with Crippen molar-refractivity contribution >= 4 is 34.9 Å². The number of aromatic hydroxyl groups is 1. The molecular weight excluding hydrogens is 1370 g/mol. The highest BCUT2D eigenvalue weighted by Crippen LogP contribution is 2.28. The third kappa shape index (κ3) is 19.6. The molecule has 0 aliphatic heterocycles. The Bertz CT molecular complexity index is 5440. The van der Waals surface area contributed by atoms with Gasteiger partial charge in [-0.05, 0) is 125 Å². The molecule has 0 saturated carbocycles. The van der Waals surface area contributed by atoms with Crippen molar-refractivity contribution in [3.05, 3.63) is 405 Å². The standard InChI is InChI=1S/C33H25FO6.C26H19FO6.C25H17FO7/c34-25-14-11-23(12-15-25)19-26-16-18-29(39-26)31(37)33-32(38-21-24-9-5-2-6-10-24)28(36)20-30(40-33)27(35)17-13-22-7-3-1-4-8-22;27-18-9-6-17(7-10-18)14-19-11-13-22(32-19)25(31)26-24(30)21(29)15-23(33-26)20(28)12-8-16-4-2-1-3-5-16;26-17-8-6-15(7-9-17)12-18-10-11-20(32-18)22(28)24-23(19(27)13-21(33-24)25(29)30)31-14-16-4-2-1-3-5-16/h1-12,14-16,18,20H,13,17,19,21H2;1-7,9-11,13,15,30H,8,12,14H2;1-11,13H,12,14H2,(H,29,30). The fourth-order valence-corrected chi connectivity index (χ4v) is 10.6. The monoisotopic (exact) mass is 1430 g/mol. The summed E-state index contributed by atoms with van der Waals surface area (Å²) in [6.07, 6.45) is 1.96. The molecule has 0 aliphatic rings. The predicted molar refractivity (Wildman–Crippen MR) is 377 cm³/mol. The largest absolute Gasteiger partial charge is 0.501 e. The number of furan rings is 3. The van der Waals surface area contributed by atoms with Crippen LogP contribution in [0.5, 0.6) is 17.2 Å². The van der Waals surface area contributed by atoms with Crippen LogP contribution in [0.25, 0.3) is 0 Å². The van der Waals surface area contributed by atoms with Crippen molar-refractivity contribution in [2.75, 3.05) is 0 Å². The van der Waals surface area contributed by atoms with Gasteiger partial charge in [0.2, 0.25) is 56.6 Å². The third-order valence-electron chi connectivity index (χ3n) is 16.1. The first-order valence-electron chi connectivity index (χ1n) is 32.8. The van der Waals surface area contributed by atoms with E-state index >= 15 is 0 Å². The Morgan fingerprint density at radius 1 is 0.321 bits per heavy atom. The minimum atomic E-state index is -1.51. The zero-order valence-corrected chi connectivity index (χ0v) is 56.0. The number of carboxylic acids is 1. The molecule has 0 atom stereocenters. The molecule has 0 radical (unpaired) electrons. The quantitative estimate of drug-likeness (QED) is 0.0452. The highest BCUT2D eigenvalue weighted by Gasteiger charge is 2.30. The number of aromatic carboxylic acids is 1. The lowest BCUT2D eigenvalue weighted by Crippen LogP contribution is -2.17. The SMILES string of the molecule is O=C(CCc1ccccc1)c1cc(=O)c(O)c(C(=O)c2ccc(Cc3ccc(F)cc3)o2)o1.O=C(CCc1ccccc1)c1cc(=O)c(OCc2ccccc2)c(C(=O)c2ccc(Cc3ccc(F)cc3)o2)o1.O=C(O)c1cc(=O)c(OCc2ccccc2)c(C(=O)c2ccc(Cc3ccc(F)cc3)o2)o1. The highest BCUT2D eigenvalue weighted by atomic mass is 19.1. The summed E-state index contributed by atoms with van der Waals surface area (Å²) in [6.45, 7) is -0.0204. The van der Waals surface area contributed by atoms with Crippen molar-refractivity contribution in [2.45, 2.75) is 58.2 Å². The number of benzene rings is 7. The summed E-state index contributed by atoms with van der Waals surface area (Å²) in [5.41, 5.74) is 3.38. The average Bonchev–Trinajstić information content (AvgIpc) is 1.38. The molecule has 0 aliphatic carbocycles. The molecule has 0 unspecified atom stereocenters. The van der Waals surface area contributed by atoms with Gasteiger partial charge in [-0.15, -0.1) is 0 Å². The van der Waals surface area contributed by atoms with Crippen LogP contribution >= 0.6 is 0 Å². The normalized spacial score (nSPS) is 10.8. The van der Waals surface area contributed by atoms with Crippen LogP contribution in [0, 0.1) is 17.5 Å². The van der Waals surface area contributed by atoms with Gasteiger partial charge in [-0.2, -0.15) is 0 Å². The van der Waals surface area contributed by atoms with Crippen LogP contribution in [-0.4, -0.2) is 45.1 Å². The summed E-state index contributed by atoms with van der Waals surface area (Å²) in [6, 6.07) is 66.0. The van der Waals surface area contributed by atoms with E-state index in [-0.39, 0.29) is 78.1 Å². The Morgan fingerprint density at radius 3 is 0.972 bits per heavy atom. The first kappa shape index (κ1) is 73.5. The van der Waals surface area contributed by atoms with Crippen molar-refractivity contribution < 1.29 is 88.1 Å². The van der Waals surface area contributed by atoms with Gasteiger partial charge < -0.3 is 46.2 Å². The van der Waals surface area contributed by atoms with Gasteiger partial charge in [-0.1, -0.05) is 158 Å². The molecule has 2 N–H and O–H groups in total. The van der Waals surface area contributed by atoms with Gasteiger partial charge in [0.05, 0.1) is 0 Å². The number of carbonyl (C=O) groups excluding carboxylic acids is 5. The summed E-state index contributed by atoms with van der Waals surface area (Å²) in [7, 11) is 0. The van der Waals surface area contributed by atoms with Gasteiger partial charge in [0.15, 0.2) is 40.4 Å². The Hall–Kier alpha value is -13.8. The topological polar surface area (TPSA) is 291 Å². The zero-order valence-electron chi connectivity index (χ0n) is 56.0. The number of aryl methyl sites for hydroxylation is 2. The first-order valence-corrected chi connectivity index (χ1v) is 32.8. The van der Waals surface area contributed by atoms with E-state index in [1.807, 2.05) is 97.1 Å². The van der Waals surface area contributed by atoms with Crippen LogP contribution in [0.15, 0.2) is 290 Å². The number of ketones is 5. The molecule has 0 saturated heterocycles. The van der Waals surface area contributed by atoms with Crippen molar-refractivity contribution in [2.24, 2.45) is 0 Å². The second-order valence-corrected chi connectivity index (χ2v) is 23.8. The van der Waals surface area contributed by atoms with E-state index in [4.69, 9.17) is 36.0 Å². The molecule has 6 heterocycles. The summed E-state index contributed by atoms with van der Waals surface area (Å²) in [5.74, 6) is -9.53. The maximum absolute atomic E-state index is 13.5. The summed E-state index contributed by atoms with van der Waals surface area (Å²) in [4.78, 5) is 114. The van der Waals surface area contributed by atoms with E-state index in [0.29, 0.717) is 49.4 Å². The van der Waals surface area contributed by atoms with Crippen LogP contribution in [0.1, 0.15) is 150 Å². The van der Waals surface area contributed by atoms with Crippen LogP contribution in [0.3, 0.4) is 0 Å². The third-order valence-corrected chi connectivity index (χ3v) is 16.1. The van der Waals surface area contributed by atoms with Crippen LogP contribution < -0.4 is 25.8 Å². The van der Waals surface area contributed by atoms with Gasteiger partial charge in [-0.3, -0.25) is 38.4 Å². The number of halogens is 3. The second-order valence-electron chi connectivity index (χ2n) is 23.8. The molecule has 13 aromatic rings. The number of carboxylic acid groups (broad SMARTS) is 1. The van der Waals surface area contributed by atoms with Crippen molar-refractivity contribution in [1.82, 2.24) is 0 Å². The van der Waals surface area contributed by atoms with E-state index in [1.165, 1.54) is 54.6 Å². The molecule has 7 aromatic carbocycles. The Labute approximate surface area is 600 Å². The number of carbonyl (C=O) groups is 6. The second kappa shape index (κ2) is 34.7. The molecule has 0 fully saturated rings. The van der Waals surface area contributed by atoms with Crippen LogP contribution in [0.2, 0.25) is 0 Å². The molecule has 22 heteroatoms. The molecule has 13 rings (SSSR count). The maximum Gasteiger partial charge on any atom is 0.371 e. The van der Waals surface area contributed by atoms with Gasteiger partial charge >= 0.3 is 5.97 Å². The average molecular weight is 1430 g/mol. The fourth-order valence-electron chi connectivity index (χ4n) is 10.6. The molecule has 0 bridgehead atoms. The number of rotatable bonds is 27. The van der Waals surface area contributed by atoms with Gasteiger partial charge in [0.25, 0.3) is 17.3 Å². The number of Topliss-reactive ketones (excluding diaryl/α,β-unsaturated/α-hetero) is 2. The Kier molecular flexibility index (Phi) is 24.1. The maximum atomic E-state index is 13.5. The predicted octanol–water partition coefficient (Wildman–Crippen LogP) is 15.8. The Balaban J connectivity index is 0.000000160. The molecule has 0 amide bonds. The lowest BCUT2D eigenvalue weighted by molar-refractivity contribution is 0.0653. The van der Waals surface area contributed by atoms with E-state index in [9.17, 15) is 66.5 Å². The molecule has 0 spiro atoms. The van der Waals surface area contributed by atoms with Gasteiger partial charge in [0, 0.05) is 50.3 Å². The van der Waals surface area contributed by atoms with E-state index < -0.39 is 85.7 Å². The van der Waals surface area contributed by atoms with Crippen LogP contribution in [-0.2, 0) is 45.3 Å². The summed E-state index contributed by atoms with van der Waals surface area (Å²) in [5, 5.41) is 19.3. The number of hydrogen-bond donors (Lipinski definition) is 2.